The van der Waals surface area contributed by atoms with E-state index in [-0.39, 0.29) is 11.9 Å². The number of nitrogens with two attached hydrogens (primary N) is 1. The summed E-state index contributed by atoms with van der Waals surface area (Å²) in [7, 11) is 1.84. The number of carbonyl (C=O) groups is 1. The van der Waals surface area contributed by atoms with Gasteiger partial charge in [-0.1, -0.05) is 25.2 Å². The first-order chi connectivity index (χ1) is 9.91. The first kappa shape index (κ1) is 16.1. The molecule has 2 heterocycles. The molecule has 118 valence electrons. The molecule has 0 aliphatic carbocycles. The summed E-state index contributed by atoms with van der Waals surface area (Å²) in [5.74, 6) is 0.762. The average molecular weight is 310 g/mol. The van der Waals surface area contributed by atoms with Gasteiger partial charge >= 0.3 is 0 Å². The molecular formula is C15H26N4OS. The van der Waals surface area contributed by atoms with Crippen molar-refractivity contribution in [2.75, 3.05) is 30.8 Å². The fourth-order valence-corrected chi connectivity index (χ4v) is 3.51. The van der Waals surface area contributed by atoms with Crippen molar-refractivity contribution in [2.45, 2.75) is 46.1 Å². The lowest BCUT2D eigenvalue weighted by molar-refractivity contribution is 0.0713. The van der Waals surface area contributed by atoms with E-state index in [4.69, 9.17) is 5.73 Å². The largest absolute Gasteiger partial charge is 0.382 e. The summed E-state index contributed by atoms with van der Waals surface area (Å²) in [5, 5.41) is 0.890. The van der Waals surface area contributed by atoms with Crippen LogP contribution < -0.4 is 10.6 Å². The minimum Gasteiger partial charge on any atom is -0.382 e. The fraction of sp³-hybridized carbons (Fsp3) is 0.733. The first-order valence-corrected chi connectivity index (χ1v) is 8.52. The Morgan fingerprint density at radius 3 is 2.48 bits per heavy atom. The Bertz CT molecular complexity index is 494. The van der Waals surface area contributed by atoms with Gasteiger partial charge in [-0.05, 0) is 32.1 Å². The third-order valence-electron chi connectivity index (χ3n) is 4.36. The quantitative estimate of drug-likeness (QED) is 0.929. The van der Waals surface area contributed by atoms with Crippen molar-refractivity contribution in [3.63, 3.8) is 0 Å². The lowest BCUT2D eigenvalue weighted by Gasteiger charge is -2.27. The zero-order valence-corrected chi connectivity index (χ0v) is 14.2. The van der Waals surface area contributed by atoms with Gasteiger partial charge in [-0.3, -0.25) is 4.79 Å². The van der Waals surface area contributed by atoms with Crippen LogP contribution in [0.4, 0.5) is 10.9 Å². The molecule has 2 N–H and O–H groups in total. The molecule has 0 saturated carbocycles. The Balaban J connectivity index is 2.16. The van der Waals surface area contributed by atoms with Crippen molar-refractivity contribution in [3.05, 3.63) is 4.88 Å². The maximum absolute atomic E-state index is 12.6. The van der Waals surface area contributed by atoms with Crippen molar-refractivity contribution in [1.82, 2.24) is 9.88 Å². The molecule has 0 radical (unpaired) electrons. The minimum atomic E-state index is -0.0190. The number of nitrogens with zero attached hydrogens (tertiary/aromatic N) is 3. The number of piperidine rings is 1. The number of anilines is 2. The lowest BCUT2D eigenvalue weighted by Crippen LogP contribution is -2.38. The molecule has 1 aromatic rings. The zero-order chi connectivity index (χ0) is 15.6. The van der Waals surface area contributed by atoms with Gasteiger partial charge in [0.25, 0.3) is 5.91 Å². The molecule has 1 fully saturated rings. The van der Waals surface area contributed by atoms with E-state index in [0.717, 1.165) is 18.2 Å². The second-order valence-electron chi connectivity index (χ2n) is 6.16. The molecule has 1 atom stereocenters. The Hall–Kier alpha value is -1.30. The van der Waals surface area contributed by atoms with Crippen LogP contribution in [0.2, 0.25) is 0 Å². The second-order valence-corrected chi connectivity index (χ2v) is 7.14. The van der Waals surface area contributed by atoms with Crippen LogP contribution >= 0.6 is 11.3 Å². The lowest BCUT2D eigenvalue weighted by atomic mass is 10.1. The number of hydrogen-bond donors (Lipinski definition) is 1. The number of nitrogen functional groups attached to an aromatic ring is 1. The number of rotatable bonds is 4. The number of carbonyl (C=O) groups excluding carboxylic acids is 1. The van der Waals surface area contributed by atoms with Gasteiger partial charge in [-0.2, -0.15) is 0 Å². The normalized spacial score (nSPS) is 17.1. The molecule has 1 aromatic heterocycles. The van der Waals surface area contributed by atoms with E-state index in [1.807, 2.05) is 7.05 Å². The highest BCUT2D eigenvalue weighted by molar-refractivity contribution is 7.18. The van der Waals surface area contributed by atoms with Gasteiger partial charge in [-0.15, -0.1) is 0 Å². The van der Waals surface area contributed by atoms with Crippen LogP contribution in [0.25, 0.3) is 0 Å². The standard InChI is InChI=1S/C15H26N4OS/c1-10(2)11(3)18(4)14(20)12-13(16)17-15(21-12)19-8-6-5-7-9-19/h10-11H,5-9,16H2,1-4H3. The summed E-state index contributed by atoms with van der Waals surface area (Å²) in [6.07, 6.45) is 3.65. The molecule has 5 nitrogen and oxygen atoms in total. The molecule has 1 aliphatic heterocycles. The van der Waals surface area contributed by atoms with E-state index in [2.05, 4.69) is 30.7 Å². The molecule has 0 aromatic carbocycles. The van der Waals surface area contributed by atoms with Crippen LogP contribution in [0.15, 0.2) is 0 Å². The van der Waals surface area contributed by atoms with Gasteiger partial charge in [-0.25, -0.2) is 4.98 Å². The molecule has 1 saturated heterocycles. The fourth-order valence-electron chi connectivity index (χ4n) is 2.49. The van der Waals surface area contributed by atoms with E-state index in [9.17, 15) is 4.79 Å². The summed E-state index contributed by atoms with van der Waals surface area (Å²) in [6.45, 7) is 8.32. The number of thiazole rings is 1. The first-order valence-electron chi connectivity index (χ1n) is 7.70. The van der Waals surface area contributed by atoms with E-state index in [1.165, 1.54) is 30.6 Å². The molecule has 1 unspecified atom stereocenters. The monoisotopic (exact) mass is 310 g/mol. The summed E-state index contributed by atoms with van der Waals surface area (Å²) in [5.41, 5.74) is 5.99. The van der Waals surface area contributed by atoms with Gasteiger partial charge in [0.15, 0.2) is 5.13 Å². The molecule has 1 amide bonds. The smallest absolute Gasteiger partial charge is 0.267 e. The van der Waals surface area contributed by atoms with Crippen LogP contribution in [0.5, 0.6) is 0 Å². The maximum Gasteiger partial charge on any atom is 0.267 e. The molecule has 21 heavy (non-hydrogen) atoms. The Labute approximate surface area is 131 Å². The van der Waals surface area contributed by atoms with Crippen LogP contribution in [0.3, 0.4) is 0 Å². The van der Waals surface area contributed by atoms with E-state index in [0.29, 0.717) is 16.6 Å². The maximum atomic E-state index is 12.6. The van der Waals surface area contributed by atoms with E-state index >= 15 is 0 Å². The predicted octanol–water partition coefficient (Wildman–Crippen LogP) is 2.83. The average Bonchev–Trinajstić information content (AvgIpc) is 2.87. The third-order valence-corrected chi connectivity index (χ3v) is 5.48. The minimum absolute atomic E-state index is 0.0190. The highest BCUT2D eigenvalue weighted by atomic mass is 32.1. The van der Waals surface area contributed by atoms with Gasteiger partial charge < -0.3 is 15.5 Å². The highest BCUT2D eigenvalue weighted by Crippen LogP contribution is 2.31. The molecule has 2 rings (SSSR count). The summed E-state index contributed by atoms with van der Waals surface area (Å²) in [6, 6.07) is 0.178. The van der Waals surface area contributed by atoms with Gasteiger partial charge in [0.1, 0.15) is 10.7 Å². The predicted molar refractivity (Wildman–Crippen MR) is 89.0 cm³/mol. The van der Waals surface area contributed by atoms with Crippen LogP contribution in [-0.2, 0) is 0 Å². The molecule has 0 spiro atoms. The summed E-state index contributed by atoms with van der Waals surface area (Å²) < 4.78 is 0. The summed E-state index contributed by atoms with van der Waals surface area (Å²) >= 11 is 1.43. The van der Waals surface area contributed by atoms with Crippen molar-refractivity contribution < 1.29 is 4.79 Å². The Kier molecular flexibility index (Phi) is 5.08. The topological polar surface area (TPSA) is 62.5 Å². The van der Waals surface area contributed by atoms with E-state index < -0.39 is 0 Å². The molecule has 1 aliphatic rings. The molecule has 0 bridgehead atoms. The van der Waals surface area contributed by atoms with Crippen LogP contribution in [0.1, 0.15) is 49.7 Å². The van der Waals surface area contributed by atoms with Gasteiger partial charge in [0.2, 0.25) is 0 Å². The Morgan fingerprint density at radius 1 is 1.29 bits per heavy atom. The molecule has 6 heteroatoms. The third kappa shape index (κ3) is 3.48. The van der Waals surface area contributed by atoms with Crippen LogP contribution in [0, 0.1) is 5.92 Å². The van der Waals surface area contributed by atoms with Gasteiger partial charge in [0, 0.05) is 26.2 Å². The second kappa shape index (κ2) is 6.64. The Morgan fingerprint density at radius 2 is 1.90 bits per heavy atom. The summed E-state index contributed by atoms with van der Waals surface area (Å²) in [4.78, 5) is 21.6. The number of hydrogen-bond acceptors (Lipinski definition) is 5. The van der Waals surface area contributed by atoms with Crippen molar-refractivity contribution in [2.24, 2.45) is 5.92 Å². The van der Waals surface area contributed by atoms with Crippen molar-refractivity contribution >= 4 is 28.2 Å². The van der Waals surface area contributed by atoms with Crippen LogP contribution in [-0.4, -0.2) is 42.0 Å². The zero-order valence-electron chi connectivity index (χ0n) is 13.4. The highest BCUT2D eigenvalue weighted by Gasteiger charge is 2.26. The van der Waals surface area contributed by atoms with Crippen molar-refractivity contribution in [1.29, 1.82) is 0 Å². The van der Waals surface area contributed by atoms with Gasteiger partial charge in [0.05, 0.1) is 0 Å². The SMILES string of the molecule is CC(C)C(C)N(C)C(=O)c1sc(N2CCCCC2)nc1N. The van der Waals surface area contributed by atoms with Crippen molar-refractivity contribution in [3.8, 4) is 0 Å². The number of aromatic nitrogens is 1. The molecular weight excluding hydrogens is 284 g/mol. The van der Waals surface area contributed by atoms with E-state index in [1.54, 1.807) is 4.90 Å². The number of amides is 1.